The molecule has 0 amide bonds. The van der Waals surface area contributed by atoms with Gasteiger partial charge >= 0.3 is 0 Å². The zero-order valence-corrected chi connectivity index (χ0v) is 8.92. The van der Waals surface area contributed by atoms with Crippen LogP contribution < -0.4 is 5.73 Å². The van der Waals surface area contributed by atoms with Crippen LogP contribution >= 0.6 is 0 Å². The molecule has 0 aliphatic heterocycles. The van der Waals surface area contributed by atoms with Crippen molar-refractivity contribution in [3.63, 3.8) is 0 Å². The fraction of sp³-hybridized carbons (Fsp3) is 0.417. The molecule has 0 radical (unpaired) electrons. The molecule has 0 aliphatic rings. The zero-order chi connectivity index (χ0) is 11.3. The Balaban J connectivity index is 2.68. The Morgan fingerprint density at radius 1 is 1.40 bits per heavy atom. The predicted molar refractivity (Wildman–Crippen MR) is 59.3 cm³/mol. The summed E-state index contributed by atoms with van der Waals surface area (Å²) in [5.41, 5.74) is 6.28. The molecule has 3 heteroatoms. The Labute approximate surface area is 89.3 Å². The summed E-state index contributed by atoms with van der Waals surface area (Å²) in [5, 5.41) is 0. The topological polar surface area (TPSA) is 43.1 Å². The Bertz CT molecular complexity index is 349. The molecule has 0 aromatic heterocycles. The normalized spacial score (nSPS) is 10.3. The molecule has 0 aliphatic carbocycles. The van der Waals surface area contributed by atoms with Gasteiger partial charge in [0.2, 0.25) is 0 Å². The zero-order valence-electron chi connectivity index (χ0n) is 8.92. The van der Waals surface area contributed by atoms with Crippen molar-refractivity contribution in [2.75, 3.05) is 5.73 Å². The van der Waals surface area contributed by atoms with Gasteiger partial charge in [0.25, 0.3) is 0 Å². The van der Waals surface area contributed by atoms with Crippen molar-refractivity contribution in [1.29, 1.82) is 0 Å². The van der Waals surface area contributed by atoms with Gasteiger partial charge in [0, 0.05) is 17.7 Å². The number of rotatable bonds is 5. The van der Waals surface area contributed by atoms with E-state index in [9.17, 15) is 9.18 Å². The number of nitrogen functional groups attached to an aromatic ring is 1. The largest absolute Gasteiger partial charge is 0.398 e. The quantitative estimate of drug-likeness (QED) is 0.460. The van der Waals surface area contributed by atoms with E-state index >= 15 is 0 Å². The molecule has 0 atom stereocenters. The molecule has 2 N–H and O–H groups in total. The Morgan fingerprint density at radius 2 is 2.13 bits per heavy atom. The van der Waals surface area contributed by atoms with E-state index in [0.29, 0.717) is 17.7 Å². The van der Waals surface area contributed by atoms with E-state index in [4.69, 9.17) is 5.73 Å². The molecule has 0 bridgehead atoms. The van der Waals surface area contributed by atoms with Crippen molar-refractivity contribution in [2.45, 2.75) is 32.6 Å². The Kier molecular flexibility index (Phi) is 4.28. The summed E-state index contributed by atoms with van der Waals surface area (Å²) < 4.78 is 12.9. The number of hydrogen-bond acceptors (Lipinski definition) is 2. The van der Waals surface area contributed by atoms with Gasteiger partial charge in [-0.15, -0.1) is 0 Å². The Morgan fingerprint density at radius 3 is 2.80 bits per heavy atom. The van der Waals surface area contributed by atoms with Crippen LogP contribution in [-0.2, 0) is 0 Å². The summed E-state index contributed by atoms with van der Waals surface area (Å²) in [5.74, 6) is -0.483. The van der Waals surface area contributed by atoms with Crippen molar-refractivity contribution < 1.29 is 9.18 Å². The molecule has 0 spiro atoms. The fourth-order valence-electron chi connectivity index (χ4n) is 1.44. The summed E-state index contributed by atoms with van der Waals surface area (Å²) in [6.45, 7) is 2.07. The van der Waals surface area contributed by atoms with E-state index in [2.05, 4.69) is 6.92 Å². The maximum atomic E-state index is 12.9. The highest BCUT2D eigenvalue weighted by Crippen LogP contribution is 2.16. The molecule has 2 nitrogen and oxygen atoms in total. The number of carbonyl (C=O) groups excluding carboxylic acids is 1. The van der Waals surface area contributed by atoms with Crippen molar-refractivity contribution in [2.24, 2.45) is 0 Å². The van der Waals surface area contributed by atoms with Crippen LogP contribution in [0.25, 0.3) is 0 Å². The van der Waals surface area contributed by atoms with Crippen LogP contribution in [0.1, 0.15) is 43.0 Å². The molecule has 0 unspecified atom stereocenters. The van der Waals surface area contributed by atoms with Crippen LogP contribution in [0.15, 0.2) is 18.2 Å². The molecule has 1 aromatic rings. The van der Waals surface area contributed by atoms with E-state index in [-0.39, 0.29) is 5.78 Å². The lowest BCUT2D eigenvalue weighted by molar-refractivity contribution is 0.0979. The van der Waals surface area contributed by atoms with Gasteiger partial charge in [0.15, 0.2) is 5.78 Å². The van der Waals surface area contributed by atoms with Gasteiger partial charge in [-0.2, -0.15) is 0 Å². The van der Waals surface area contributed by atoms with Gasteiger partial charge in [-0.25, -0.2) is 4.39 Å². The maximum absolute atomic E-state index is 12.9. The number of halogens is 1. The molecule has 0 fully saturated rings. The van der Waals surface area contributed by atoms with Crippen molar-refractivity contribution >= 4 is 11.5 Å². The third-order valence-electron chi connectivity index (χ3n) is 2.32. The van der Waals surface area contributed by atoms with E-state index in [1.165, 1.54) is 18.2 Å². The number of benzene rings is 1. The highest BCUT2D eigenvalue weighted by molar-refractivity contribution is 6.00. The van der Waals surface area contributed by atoms with Crippen molar-refractivity contribution in [3.05, 3.63) is 29.6 Å². The third kappa shape index (κ3) is 3.35. The van der Waals surface area contributed by atoms with E-state index < -0.39 is 5.82 Å². The highest BCUT2D eigenvalue weighted by atomic mass is 19.1. The van der Waals surface area contributed by atoms with Crippen molar-refractivity contribution in [3.8, 4) is 0 Å². The lowest BCUT2D eigenvalue weighted by Crippen LogP contribution is -2.04. The van der Waals surface area contributed by atoms with Gasteiger partial charge in [0.05, 0.1) is 0 Å². The molecular weight excluding hydrogens is 193 g/mol. The summed E-state index contributed by atoms with van der Waals surface area (Å²) >= 11 is 0. The fourth-order valence-corrected chi connectivity index (χ4v) is 1.44. The van der Waals surface area contributed by atoms with Crippen LogP contribution in [0.4, 0.5) is 10.1 Å². The lowest BCUT2D eigenvalue weighted by atomic mass is 10.0. The van der Waals surface area contributed by atoms with Gasteiger partial charge in [0.1, 0.15) is 5.82 Å². The Hall–Kier alpha value is -1.38. The number of Topliss-reactive ketones (excluding diaryl/α,β-unsaturated/α-hetero) is 1. The minimum atomic E-state index is -0.414. The average molecular weight is 209 g/mol. The smallest absolute Gasteiger partial charge is 0.165 e. The molecule has 15 heavy (non-hydrogen) atoms. The van der Waals surface area contributed by atoms with E-state index in [0.717, 1.165) is 19.3 Å². The molecule has 0 saturated carbocycles. The maximum Gasteiger partial charge on any atom is 0.165 e. The third-order valence-corrected chi connectivity index (χ3v) is 2.32. The lowest BCUT2D eigenvalue weighted by Gasteiger charge is -2.04. The molecule has 1 rings (SSSR count). The number of anilines is 1. The summed E-state index contributed by atoms with van der Waals surface area (Å²) in [7, 11) is 0. The molecular formula is C12H16FNO. The number of hydrogen-bond donors (Lipinski definition) is 1. The first-order chi connectivity index (χ1) is 7.15. The second-order valence-electron chi connectivity index (χ2n) is 3.61. The first kappa shape index (κ1) is 11.7. The van der Waals surface area contributed by atoms with Crippen LogP contribution in [0.5, 0.6) is 0 Å². The second kappa shape index (κ2) is 5.49. The highest BCUT2D eigenvalue weighted by Gasteiger charge is 2.10. The number of unbranched alkanes of at least 4 members (excludes halogenated alkanes) is 2. The van der Waals surface area contributed by atoms with E-state index in [1.807, 2.05) is 0 Å². The number of nitrogens with two attached hydrogens (primary N) is 1. The van der Waals surface area contributed by atoms with Gasteiger partial charge < -0.3 is 5.73 Å². The molecule has 0 saturated heterocycles. The minimum absolute atomic E-state index is 0.0690. The summed E-state index contributed by atoms with van der Waals surface area (Å²) in [6.07, 6.45) is 3.36. The monoisotopic (exact) mass is 209 g/mol. The minimum Gasteiger partial charge on any atom is -0.398 e. The molecule has 1 aromatic carbocycles. The van der Waals surface area contributed by atoms with Gasteiger partial charge in [-0.1, -0.05) is 19.8 Å². The first-order valence-electron chi connectivity index (χ1n) is 5.23. The predicted octanol–water partition coefficient (Wildman–Crippen LogP) is 3.17. The first-order valence-corrected chi connectivity index (χ1v) is 5.23. The van der Waals surface area contributed by atoms with Gasteiger partial charge in [-0.05, 0) is 24.6 Å². The second-order valence-corrected chi connectivity index (χ2v) is 3.61. The summed E-state index contributed by atoms with van der Waals surface area (Å²) in [4.78, 5) is 11.6. The SMILES string of the molecule is CCCCCC(=O)c1cc(F)ccc1N. The van der Waals surface area contributed by atoms with Crippen LogP contribution in [0.3, 0.4) is 0 Å². The van der Waals surface area contributed by atoms with Crippen molar-refractivity contribution in [1.82, 2.24) is 0 Å². The standard InChI is InChI=1S/C12H16FNO/c1-2-3-4-5-12(15)10-8-9(13)6-7-11(10)14/h6-8H,2-5,14H2,1H3. The number of ketones is 1. The number of carbonyl (C=O) groups is 1. The summed E-state index contributed by atoms with van der Waals surface area (Å²) in [6, 6.07) is 3.91. The average Bonchev–Trinajstić information content (AvgIpc) is 2.22. The van der Waals surface area contributed by atoms with Crippen LogP contribution in [-0.4, -0.2) is 5.78 Å². The molecule has 0 heterocycles. The molecule has 82 valence electrons. The van der Waals surface area contributed by atoms with Crippen LogP contribution in [0, 0.1) is 5.82 Å². The van der Waals surface area contributed by atoms with E-state index in [1.54, 1.807) is 0 Å². The van der Waals surface area contributed by atoms with Crippen LogP contribution in [0.2, 0.25) is 0 Å². The van der Waals surface area contributed by atoms with Gasteiger partial charge in [-0.3, -0.25) is 4.79 Å².